The summed E-state index contributed by atoms with van der Waals surface area (Å²) >= 11 is 0. The summed E-state index contributed by atoms with van der Waals surface area (Å²) in [5.41, 5.74) is 8.90. The number of hydrogen-bond donors (Lipinski definition) is 2. The Bertz CT molecular complexity index is 1740. The highest BCUT2D eigenvalue weighted by molar-refractivity contribution is 6.04. The van der Waals surface area contributed by atoms with Gasteiger partial charge in [0.15, 0.2) is 5.65 Å². The fourth-order valence-corrected chi connectivity index (χ4v) is 4.18. The standard InChI is InChI=1S/C28H27FN8O2/c1-15(2)22-13-21(28(39)37(34-22)20-11-7-18(29)8-12-20)27(38)33-19-9-5-17(6-10-19)24-23-25(30)31-14-32-26(23)36(35-24)16(3)4/h5-16H,1-4H3,(H,33,38)(H2,30,31,32). The van der Waals surface area contributed by atoms with Crippen LogP contribution >= 0.6 is 0 Å². The molecule has 0 aliphatic carbocycles. The number of benzene rings is 2. The Hall–Kier alpha value is -4.93. The van der Waals surface area contributed by atoms with Crippen LogP contribution in [0, 0.1) is 5.82 Å². The van der Waals surface area contributed by atoms with Crippen molar-refractivity contribution in [2.75, 3.05) is 11.1 Å². The van der Waals surface area contributed by atoms with Crippen LogP contribution in [-0.4, -0.2) is 35.4 Å². The maximum absolute atomic E-state index is 13.4. The summed E-state index contributed by atoms with van der Waals surface area (Å²) < 4.78 is 16.4. The Kier molecular flexibility index (Phi) is 6.65. The van der Waals surface area contributed by atoms with Crippen molar-refractivity contribution in [2.24, 2.45) is 0 Å². The zero-order chi connectivity index (χ0) is 27.8. The second kappa shape index (κ2) is 10.1. The van der Waals surface area contributed by atoms with E-state index in [0.717, 1.165) is 10.2 Å². The maximum Gasteiger partial charge on any atom is 0.284 e. The Balaban J connectivity index is 1.48. The number of hydrogen-bond acceptors (Lipinski definition) is 7. The third-order valence-electron chi connectivity index (χ3n) is 6.26. The van der Waals surface area contributed by atoms with Gasteiger partial charge in [0, 0.05) is 17.3 Å². The molecule has 5 aromatic rings. The molecule has 0 saturated carbocycles. The van der Waals surface area contributed by atoms with E-state index < -0.39 is 17.3 Å². The monoisotopic (exact) mass is 526 g/mol. The highest BCUT2D eigenvalue weighted by atomic mass is 19.1. The second-order valence-electron chi connectivity index (χ2n) is 9.71. The number of nitrogens with two attached hydrogens (primary N) is 1. The minimum Gasteiger partial charge on any atom is -0.383 e. The molecule has 3 aromatic heterocycles. The fraction of sp³-hybridized carbons (Fsp3) is 0.214. The number of fused-ring (bicyclic) bond motifs is 1. The van der Waals surface area contributed by atoms with E-state index in [4.69, 9.17) is 10.8 Å². The zero-order valence-electron chi connectivity index (χ0n) is 21.9. The van der Waals surface area contributed by atoms with Crippen LogP contribution in [0.15, 0.2) is 65.7 Å². The smallest absolute Gasteiger partial charge is 0.284 e. The van der Waals surface area contributed by atoms with Gasteiger partial charge in [-0.25, -0.2) is 19.0 Å². The first kappa shape index (κ1) is 25.7. The van der Waals surface area contributed by atoms with E-state index in [9.17, 15) is 14.0 Å². The van der Waals surface area contributed by atoms with Crippen molar-refractivity contribution < 1.29 is 9.18 Å². The van der Waals surface area contributed by atoms with Gasteiger partial charge in [0.2, 0.25) is 0 Å². The Morgan fingerprint density at radius 1 is 0.974 bits per heavy atom. The average molecular weight is 527 g/mol. The molecule has 2 aromatic carbocycles. The van der Waals surface area contributed by atoms with Gasteiger partial charge in [-0.3, -0.25) is 9.59 Å². The molecule has 11 heteroatoms. The van der Waals surface area contributed by atoms with Gasteiger partial charge in [0.1, 0.15) is 29.2 Å². The lowest BCUT2D eigenvalue weighted by Crippen LogP contribution is -2.31. The van der Waals surface area contributed by atoms with E-state index in [-0.39, 0.29) is 17.5 Å². The number of aromatic nitrogens is 6. The number of anilines is 2. The molecule has 0 aliphatic heterocycles. The van der Waals surface area contributed by atoms with Crippen molar-refractivity contribution in [3.05, 3.63) is 88.4 Å². The SMILES string of the molecule is CC(C)c1cc(C(=O)Nc2ccc(-c3nn(C(C)C)c4ncnc(N)c34)cc2)c(=O)n(-c2ccc(F)cc2)n1. The lowest BCUT2D eigenvalue weighted by Gasteiger charge is -2.13. The first-order chi connectivity index (χ1) is 18.6. The second-order valence-corrected chi connectivity index (χ2v) is 9.71. The van der Waals surface area contributed by atoms with Crippen molar-refractivity contribution in [1.29, 1.82) is 0 Å². The van der Waals surface area contributed by atoms with Gasteiger partial charge < -0.3 is 11.1 Å². The first-order valence-corrected chi connectivity index (χ1v) is 12.4. The van der Waals surface area contributed by atoms with Crippen LogP contribution in [0.4, 0.5) is 15.9 Å². The third-order valence-corrected chi connectivity index (χ3v) is 6.26. The van der Waals surface area contributed by atoms with Crippen LogP contribution in [0.1, 0.15) is 55.7 Å². The molecule has 3 N–H and O–H groups in total. The molecule has 0 bridgehead atoms. The summed E-state index contributed by atoms with van der Waals surface area (Å²) in [5.74, 6) is -0.747. The number of carbonyl (C=O) groups excluding carboxylic acids is 1. The van der Waals surface area contributed by atoms with Crippen LogP contribution < -0.4 is 16.6 Å². The Morgan fingerprint density at radius 3 is 2.31 bits per heavy atom. The lowest BCUT2D eigenvalue weighted by atomic mass is 10.1. The molecule has 0 saturated heterocycles. The molecule has 0 fully saturated rings. The predicted octanol–water partition coefficient (Wildman–Crippen LogP) is 4.72. The van der Waals surface area contributed by atoms with Crippen molar-refractivity contribution >= 4 is 28.4 Å². The number of rotatable bonds is 6. The molecule has 0 spiro atoms. The van der Waals surface area contributed by atoms with E-state index in [2.05, 4.69) is 20.4 Å². The third kappa shape index (κ3) is 4.86. The summed E-state index contributed by atoms with van der Waals surface area (Å²) in [6, 6.07) is 13.9. The molecule has 198 valence electrons. The molecule has 39 heavy (non-hydrogen) atoms. The van der Waals surface area contributed by atoms with E-state index in [1.54, 1.807) is 28.9 Å². The van der Waals surface area contributed by atoms with Crippen molar-refractivity contribution in [2.45, 2.75) is 39.7 Å². The summed E-state index contributed by atoms with van der Waals surface area (Å²) in [7, 11) is 0. The molecule has 0 radical (unpaired) electrons. The minimum atomic E-state index is -0.610. The molecule has 3 heterocycles. The van der Waals surface area contributed by atoms with Crippen LogP contribution in [-0.2, 0) is 0 Å². The number of carbonyl (C=O) groups is 1. The summed E-state index contributed by atoms with van der Waals surface area (Å²) in [5, 5.41) is 12.5. The van der Waals surface area contributed by atoms with Crippen molar-refractivity contribution in [1.82, 2.24) is 29.5 Å². The molecular formula is C28H27FN8O2. The summed E-state index contributed by atoms with van der Waals surface area (Å²) in [6.07, 6.45) is 1.41. The number of nitrogen functional groups attached to an aromatic ring is 1. The number of nitrogens with one attached hydrogen (secondary N) is 1. The van der Waals surface area contributed by atoms with Crippen LogP contribution in [0.2, 0.25) is 0 Å². The van der Waals surface area contributed by atoms with Crippen LogP contribution in [0.25, 0.3) is 28.0 Å². The molecule has 0 aliphatic rings. The van der Waals surface area contributed by atoms with E-state index in [0.29, 0.717) is 39.6 Å². The van der Waals surface area contributed by atoms with Gasteiger partial charge >= 0.3 is 0 Å². The topological polar surface area (TPSA) is 134 Å². The lowest BCUT2D eigenvalue weighted by molar-refractivity contribution is 0.102. The van der Waals surface area contributed by atoms with Gasteiger partial charge in [-0.1, -0.05) is 26.0 Å². The van der Waals surface area contributed by atoms with E-state index >= 15 is 0 Å². The quantitative estimate of drug-likeness (QED) is 0.327. The van der Waals surface area contributed by atoms with Crippen molar-refractivity contribution in [3.63, 3.8) is 0 Å². The fourth-order valence-electron chi connectivity index (χ4n) is 4.18. The highest BCUT2D eigenvalue weighted by Gasteiger charge is 2.20. The average Bonchev–Trinajstić information content (AvgIpc) is 3.31. The number of halogens is 1. The van der Waals surface area contributed by atoms with Gasteiger partial charge in [-0.05, 0) is 62.2 Å². The van der Waals surface area contributed by atoms with Crippen LogP contribution in [0.5, 0.6) is 0 Å². The van der Waals surface area contributed by atoms with E-state index in [1.165, 1.54) is 36.7 Å². The zero-order valence-corrected chi connectivity index (χ0v) is 21.9. The molecule has 1 amide bonds. The van der Waals surface area contributed by atoms with Crippen LogP contribution in [0.3, 0.4) is 0 Å². The molecule has 0 unspecified atom stereocenters. The molecule has 0 atom stereocenters. The van der Waals surface area contributed by atoms with Gasteiger partial charge in [-0.2, -0.15) is 14.9 Å². The maximum atomic E-state index is 13.4. The minimum absolute atomic E-state index is 0.0555. The van der Waals surface area contributed by atoms with Crippen molar-refractivity contribution in [3.8, 4) is 16.9 Å². The molecule has 5 rings (SSSR count). The summed E-state index contributed by atoms with van der Waals surface area (Å²) in [6.45, 7) is 7.82. The normalized spacial score (nSPS) is 11.5. The van der Waals surface area contributed by atoms with E-state index in [1.807, 2.05) is 27.7 Å². The summed E-state index contributed by atoms with van der Waals surface area (Å²) in [4.78, 5) is 34.9. The molecule has 10 nitrogen and oxygen atoms in total. The van der Waals surface area contributed by atoms with Gasteiger partial charge in [0.25, 0.3) is 11.5 Å². The first-order valence-electron chi connectivity index (χ1n) is 12.4. The Labute approximate surface area is 223 Å². The number of amides is 1. The molecular weight excluding hydrogens is 499 g/mol. The predicted molar refractivity (Wildman–Crippen MR) is 147 cm³/mol. The highest BCUT2D eigenvalue weighted by Crippen LogP contribution is 2.32. The van der Waals surface area contributed by atoms with Gasteiger partial charge in [0.05, 0.1) is 16.8 Å². The Morgan fingerprint density at radius 2 is 1.67 bits per heavy atom. The van der Waals surface area contributed by atoms with Gasteiger partial charge in [-0.15, -0.1) is 0 Å². The number of nitrogens with zero attached hydrogens (tertiary/aromatic N) is 6. The largest absolute Gasteiger partial charge is 0.383 e.